The van der Waals surface area contributed by atoms with E-state index >= 15 is 0 Å². The minimum absolute atomic E-state index is 0.0365. The van der Waals surface area contributed by atoms with Gasteiger partial charge in [-0.05, 0) is 73.7 Å². The first kappa shape index (κ1) is 23.7. The summed E-state index contributed by atoms with van der Waals surface area (Å²) in [5.74, 6) is -0.316. The second kappa shape index (κ2) is 10.6. The number of fused-ring (bicyclic) bond motifs is 1. The number of nitriles is 1. The van der Waals surface area contributed by atoms with Gasteiger partial charge in [0.25, 0.3) is 5.03 Å². The number of nitrogens with one attached hydrogen (secondary N) is 2. The molecule has 3 aromatic rings. The Labute approximate surface area is 202 Å². The van der Waals surface area contributed by atoms with Crippen molar-refractivity contribution in [3.63, 3.8) is 0 Å². The van der Waals surface area contributed by atoms with Gasteiger partial charge in [-0.25, -0.2) is 13.4 Å². The molecule has 0 atom stereocenters. The number of aromatic amines is 1. The highest BCUT2D eigenvalue weighted by atomic mass is 32.2. The van der Waals surface area contributed by atoms with Gasteiger partial charge in [-0.2, -0.15) is 5.26 Å². The summed E-state index contributed by atoms with van der Waals surface area (Å²) in [5.41, 5.74) is 3.32. The minimum atomic E-state index is -3.97. The van der Waals surface area contributed by atoms with Crippen LogP contribution in [0.15, 0.2) is 58.7 Å². The van der Waals surface area contributed by atoms with E-state index in [4.69, 9.17) is 0 Å². The molecule has 0 radical (unpaired) electrons. The van der Waals surface area contributed by atoms with E-state index in [1.807, 2.05) is 6.07 Å². The number of sulfonamides is 1. The summed E-state index contributed by atoms with van der Waals surface area (Å²) in [7, 11) is -3.97. The first-order valence-corrected chi connectivity index (χ1v) is 13.1. The third-order valence-electron chi connectivity index (χ3n) is 5.25. The lowest BCUT2D eigenvalue weighted by Crippen LogP contribution is -2.20. The van der Waals surface area contributed by atoms with Crippen LogP contribution in [0.4, 0.5) is 11.6 Å². The fourth-order valence-corrected chi connectivity index (χ4v) is 5.29. The molecule has 0 unspecified atom stereocenters. The molecule has 2 heterocycles. The first-order valence-electron chi connectivity index (χ1n) is 10.7. The second-order valence-corrected chi connectivity index (χ2v) is 10.3. The van der Waals surface area contributed by atoms with Crippen LogP contribution >= 0.6 is 11.8 Å². The maximum Gasteiger partial charge on any atom is 0.257 e. The molecule has 1 amide bonds. The third kappa shape index (κ3) is 5.89. The molecule has 2 N–H and O–H groups in total. The zero-order chi connectivity index (χ0) is 24.0. The van der Waals surface area contributed by atoms with Crippen molar-refractivity contribution in [1.29, 1.82) is 5.26 Å². The van der Waals surface area contributed by atoms with Crippen molar-refractivity contribution in [3.05, 3.63) is 70.3 Å². The van der Waals surface area contributed by atoms with E-state index in [0.717, 1.165) is 31.4 Å². The molecule has 174 valence electrons. The smallest absolute Gasteiger partial charge is 0.257 e. The van der Waals surface area contributed by atoms with Crippen molar-refractivity contribution in [2.75, 3.05) is 11.1 Å². The highest BCUT2D eigenvalue weighted by molar-refractivity contribution is 7.99. The Bertz CT molecular complexity index is 1320. The Morgan fingerprint density at radius 3 is 2.62 bits per heavy atom. The van der Waals surface area contributed by atoms with Crippen LogP contribution in [0.3, 0.4) is 0 Å². The predicted molar refractivity (Wildman–Crippen MR) is 127 cm³/mol. The van der Waals surface area contributed by atoms with Gasteiger partial charge in [-0.15, -0.1) is 0 Å². The van der Waals surface area contributed by atoms with Gasteiger partial charge in [0.15, 0.2) is 5.69 Å². The van der Waals surface area contributed by atoms with Gasteiger partial charge >= 0.3 is 0 Å². The van der Waals surface area contributed by atoms with Crippen LogP contribution in [0.5, 0.6) is 0 Å². The van der Waals surface area contributed by atoms with E-state index in [-0.39, 0.29) is 22.5 Å². The number of amides is 1. The summed E-state index contributed by atoms with van der Waals surface area (Å²) >= 11 is 1.27. The van der Waals surface area contributed by atoms with E-state index < -0.39 is 10.0 Å². The number of hydrogen-bond acceptors (Lipinski definition) is 7. The molecule has 34 heavy (non-hydrogen) atoms. The lowest BCUT2D eigenvalue weighted by Gasteiger charge is -2.12. The van der Waals surface area contributed by atoms with Gasteiger partial charge in [0.05, 0.1) is 10.6 Å². The topological polar surface area (TPSA) is 141 Å². The standard InChI is InChI=1S/C23H22N6O3S2/c24-14-17-13-16-5-2-1-3-6-20(16)28-22(17)33-15-21(30)27-18-7-9-19(10-8-18)34(31,32)29-23-25-11-4-12-26-23/h4,7-13H,1-3,5-6,15H2,(H2,25,26,27,29,30). The molecular weight excluding hydrogens is 472 g/mol. The molecule has 0 spiro atoms. The number of nitrogens with zero attached hydrogens (tertiary/aromatic N) is 4. The van der Waals surface area contributed by atoms with E-state index in [1.165, 1.54) is 60.4 Å². The average Bonchev–Trinajstić information content (AvgIpc) is 3.07. The van der Waals surface area contributed by atoms with Gasteiger partial charge in [0, 0.05) is 23.6 Å². The first-order chi connectivity index (χ1) is 16.4. The third-order valence-corrected chi connectivity index (χ3v) is 7.53. The van der Waals surface area contributed by atoms with Crippen LogP contribution in [0, 0.1) is 11.3 Å². The van der Waals surface area contributed by atoms with Crippen molar-refractivity contribution < 1.29 is 18.2 Å². The number of aryl methyl sites for hydroxylation is 2. The van der Waals surface area contributed by atoms with Crippen molar-refractivity contribution in [2.24, 2.45) is 0 Å². The summed E-state index contributed by atoms with van der Waals surface area (Å²) < 4.78 is 28.4. The van der Waals surface area contributed by atoms with E-state index in [2.05, 4.69) is 31.1 Å². The highest BCUT2D eigenvalue weighted by Crippen LogP contribution is 2.26. The summed E-state index contributed by atoms with van der Waals surface area (Å²) in [6.45, 7) is 0. The van der Waals surface area contributed by atoms with Gasteiger partial charge in [0.2, 0.25) is 15.9 Å². The lowest BCUT2D eigenvalue weighted by atomic mass is 10.1. The van der Waals surface area contributed by atoms with Crippen LogP contribution in [0.2, 0.25) is 0 Å². The molecule has 0 fully saturated rings. The van der Waals surface area contributed by atoms with Crippen molar-refractivity contribution >= 4 is 39.3 Å². The summed E-state index contributed by atoms with van der Waals surface area (Å²) in [6, 6.07) is 11.4. The van der Waals surface area contributed by atoms with Crippen LogP contribution < -0.4 is 10.3 Å². The van der Waals surface area contributed by atoms with Crippen molar-refractivity contribution in [2.45, 2.75) is 42.0 Å². The summed E-state index contributed by atoms with van der Waals surface area (Å²) in [6.07, 6.45) is 8.11. The maximum atomic E-state index is 12.5. The number of aromatic nitrogens is 3. The zero-order valence-electron chi connectivity index (χ0n) is 18.2. The Balaban J connectivity index is 1.37. The summed E-state index contributed by atoms with van der Waals surface area (Å²) in [5, 5.41) is 13.0. The number of benzene rings is 1. The van der Waals surface area contributed by atoms with Gasteiger partial charge in [0.1, 0.15) is 11.6 Å². The van der Waals surface area contributed by atoms with E-state index in [1.54, 1.807) is 6.07 Å². The zero-order valence-corrected chi connectivity index (χ0v) is 19.8. The normalized spacial score (nSPS) is 13.3. The Kier molecular flexibility index (Phi) is 7.40. The molecule has 0 bridgehead atoms. The number of H-pyrrole nitrogens is 1. The van der Waals surface area contributed by atoms with Crippen LogP contribution in [0.25, 0.3) is 4.72 Å². The van der Waals surface area contributed by atoms with E-state index in [0.29, 0.717) is 16.3 Å². The number of rotatable bonds is 7. The highest BCUT2D eigenvalue weighted by Gasteiger charge is 2.21. The van der Waals surface area contributed by atoms with Crippen molar-refractivity contribution in [1.82, 2.24) is 9.97 Å². The van der Waals surface area contributed by atoms with Crippen LogP contribution in [-0.2, 0) is 27.7 Å². The Morgan fingerprint density at radius 1 is 1.15 bits per heavy atom. The van der Waals surface area contributed by atoms with Crippen LogP contribution in [0.1, 0.15) is 36.1 Å². The molecular formula is C23H22N6O3S2. The largest absolute Gasteiger partial charge is 0.366 e. The predicted octanol–water partition coefficient (Wildman–Crippen LogP) is 3.56. The summed E-state index contributed by atoms with van der Waals surface area (Å²) in [4.78, 5) is 23.4. The monoisotopic (exact) mass is 494 g/mol. The maximum absolute atomic E-state index is 12.5. The number of thioether (sulfide) groups is 1. The average molecular weight is 495 g/mol. The van der Waals surface area contributed by atoms with Gasteiger partial charge in [-0.3, -0.25) is 9.52 Å². The number of carbonyl (C=O) groups excluding carboxylic acids is 1. The molecule has 9 nitrogen and oxygen atoms in total. The molecule has 2 aromatic heterocycles. The molecule has 0 aliphatic heterocycles. The van der Waals surface area contributed by atoms with Crippen molar-refractivity contribution in [3.8, 4) is 6.07 Å². The number of pyridine rings is 1. The van der Waals surface area contributed by atoms with E-state index in [9.17, 15) is 18.5 Å². The number of carbonyl (C=O) groups is 1. The molecule has 0 saturated heterocycles. The molecule has 1 aliphatic rings. The lowest BCUT2D eigenvalue weighted by molar-refractivity contribution is -0.438. The SMILES string of the molecule is N#Cc1cc2c([nH+]c1SCC(=O)Nc1ccc(S(=O)(=O)[N-]c3ncccn3)cc1)CCCCC2. The Hall–Kier alpha value is -3.49. The molecule has 11 heteroatoms. The number of hydrogen-bond donors (Lipinski definition) is 1. The molecule has 1 aliphatic carbocycles. The number of anilines is 1. The Morgan fingerprint density at radius 2 is 1.88 bits per heavy atom. The second-order valence-electron chi connectivity index (χ2n) is 7.66. The fraction of sp³-hybridized carbons (Fsp3) is 0.261. The molecule has 1 aromatic carbocycles. The van der Waals surface area contributed by atoms with Gasteiger partial charge < -0.3 is 15.3 Å². The van der Waals surface area contributed by atoms with Crippen LogP contribution in [-0.4, -0.2) is 30.0 Å². The fourth-order valence-electron chi connectivity index (χ4n) is 3.59. The quantitative estimate of drug-likeness (QED) is 0.391. The minimum Gasteiger partial charge on any atom is -0.366 e. The molecule has 0 saturated carbocycles. The van der Waals surface area contributed by atoms with Gasteiger partial charge in [-0.1, -0.05) is 12.5 Å². The molecule has 4 rings (SSSR count).